The van der Waals surface area contributed by atoms with Crippen LogP contribution in [0.25, 0.3) is 0 Å². The molecule has 0 aliphatic heterocycles. The molecule has 2 N–H and O–H groups in total. The fourth-order valence-corrected chi connectivity index (χ4v) is 4.33. The summed E-state index contributed by atoms with van der Waals surface area (Å²) in [5.74, 6) is 1.09. The summed E-state index contributed by atoms with van der Waals surface area (Å²) < 4.78 is 45.7. The third kappa shape index (κ3) is 6.14. The molecule has 0 aliphatic rings. The largest absolute Gasteiger partial charge is 0.497 e. The first-order valence-electron chi connectivity index (χ1n) is 10.6. The van der Waals surface area contributed by atoms with Gasteiger partial charge >= 0.3 is 0 Å². The number of benzene rings is 3. The Morgan fingerprint density at radius 3 is 2.32 bits per heavy atom. The minimum absolute atomic E-state index is 0.00727. The molecule has 0 spiro atoms. The second-order valence-electron chi connectivity index (χ2n) is 8.48. The highest BCUT2D eigenvalue weighted by molar-refractivity contribution is 7.92. The summed E-state index contributed by atoms with van der Waals surface area (Å²) in [6.45, 7) is 5.93. The van der Waals surface area contributed by atoms with Crippen LogP contribution >= 0.6 is 11.6 Å². The topological polar surface area (TPSA) is 94.1 Å². The summed E-state index contributed by atoms with van der Waals surface area (Å²) in [5.41, 5.74) is 1.06. The number of hydrogen-bond acceptors (Lipinski definition) is 6. The average molecular weight is 506 g/mol. The van der Waals surface area contributed by atoms with Gasteiger partial charge in [-0.1, -0.05) is 50.6 Å². The number of aliphatic hydroxyl groups excluding tert-OH is 1. The number of para-hydroxylation sites is 1. The molecule has 182 valence electrons. The van der Waals surface area contributed by atoms with Gasteiger partial charge in [0.15, 0.2) is 11.5 Å². The third-order valence-corrected chi connectivity index (χ3v) is 6.65. The number of nitrogens with one attached hydrogen (secondary N) is 1. The molecule has 3 aromatic rings. The number of hydrogen-bond donors (Lipinski definition) is 2. The Morgan fingerprint density at radius 1 is 1.00 bits per heavy atom. The molecule has 0 aromatic heterocycles. The highest BCUT2D eigenvalue weighted by Crippen LogP contribution is 2.42. The summed E-state index contributed by atoms with van der Waals surface area (Å²) in [6, 6.07) is 16.4. The van der Waals surface area contributed by atoms with Crippen molar-refractivity contribution in [1.29, 1.82) is 0 Å². The van der Waals surface area contributed by atoms with E-state index >= 15 is 0 Å². The first kappa shape index (κ1) is 25.7. The lowest BCUT2D eigenvalue weighted by Gasteiger charge is -2.20. The standard InChI is InChI=1S/C25H28ClNO6S/c1-25(2,3)17-8-11-19(12-9-17)34(29,30)27-21-6-5-7-22(32-15-14-28)24(21)33-23-16-18(31-4)10-13-20(23)26/h5-13,16,27-28H,14-15H2,1-4H3. The Bertz CT molecular complexity index is 1240. The Labute approximate surface area is 205 Å². The van der Waals surface area contributed by atoms with E-state index in [1.807, 2.05) is 0 Å². The van der Waals surface area contributed by atoms with Crippen LogP contribution in [0.1, 0.15) is 26.3 Å². The van der Waals surface area contributed by atoms with Crippen molar-refractivity contribution in [2.45, 2.75) is 31.1 Å². The number of halogens is 1. The van der Waals surface area contributed by atoms with Crippen molar-refractivity contribution >= 4 is 27.3 Å². The fourth-order valence-electron chi connectivity index (χ4n) is 3.11. The van der Waals surface area contributed by atoms with E-state index in [1.54, 1.807) is 60.7 Å². The van der Waals surface area contributed by atoms with Crippen molar-refractivity contribution in [3.63, 3.8) is 0 Å². The Kier molecular flexibility index (Phi) is 7.97. The number of anilines is 1. The van der Waals surface area contributed by atoms with Crippen LogP contribution in [0.2, 0.25) is 5.02 Å². The van der Waals surface area contributed by atoms with Gasteiger partial charge in [0, 0.05) is 6.07 Å². The average Bonchev–Trinajstić information content (AvgIpc) is 2.80. The van der Waals surface area contributed by atoms with E-state index in [0.29, 0.717) is 10.8 Å². The van der Waals surface area contributed by atoms with Gasteiger partial charge in [-0.3, -0.25) is 4.72 Å². The Hall–Kier alpha value is -2.94. The van der Waals surface area contributed by atoms with Gasteiger partial charge in [0.05, 0.1) is 29.3 Å². The summed E-state index contributed by atoms with van der Waals surface area (Å²) >= 11 is 6.29. The number of methoxy groups -OCH3 is 1. The number of ether oxygens (including phenoxy) is 3. The van der Waals surface area contributed by atoms with Gasteiger partial charge in [-0.25, -0.2) is 8.42 Å². The van der Waals surface area contributed by atoms with E-state index in [4.69, 9.17) is 25.8 Å². The van der Waals surface area contributed by atoms with Crippen molar-refractivity contribution < 1.29 is 27.7 Å². The van der Waals surface area contributed by atoms with Crippen LogP contribution in [0.15, 0.2) is 65.6 Å². The van der Waals surface area contributed by atoms with Crippen LogP contribution in [-0.4, -0.2) is 33.8 Å². The van der Waals surface area contributed by atoms with Gasteiger partial charge in [-0.05, 0) is 47.4 Å². The maximum absolute atomic E-state index is 13.2. The van der Waals surface area contributed by atoms with Crippen LogP contribution in [0.5, 0.6) is 23.0 Å². The smallest absolute Gasteiger partial charge is 0.262 e. The summed E-state index contributed by atoms with van der Waals surface area (Å²) in [5, 5.41) is 9.49. The van der Waals surface area contributed by atoms with E-state index < -0.39 is 10.0 Å². The van der Waals surface area contributed by atoms with Gasteiger partial charge in [-0.2, -0.15) is 0 Å². The molecule has 0 amide bonds. The Balaban J connectivity index is 2.01. The van der Waals surface area contributed by atoms with E-state index in [2.05, 4.69) is 25.5 Å². The van der Waals surface area contributed by atoms with Gasteiger partial charge in [0.25, 0.3) is 10.0 Å². The van der Waals surface area contributed by atoms with E-state index in [9.17, 15) is 13.5 Å². The highest BCUT2D eigenvalue weighted by Gasteiger charge is 2.22. The molecule has 0 atom stereocenters. The summed E-state index contributed by atoms with van der Waals surface area (Å²) in [4.78, 5) is 0.104. The van der Waals surface area contributed by atoms with Gasteiger partial charge in [0.1, 0.15) is 18.1 Å². The fraction of sp³-hybridized carbons (Fsp3) is 0.280. The van der Waals surface area contributed by atoms with Crippen molar-refractivity contribution in [2.75, 3.05) is 25.0 Å². The maximum Gasteiger partial charge on any atom is 0.262 e. The predicted molar refractivity (Wildman–Crippen MR) is 133 cm³/mol. The van der Waals surface area contributed by atoms with Crippen LogP contribution in [0.3, 0.4) is 0 Å². The zero-order valence-electron chi connectivity index (χ0n) is 19.5. The van der Waals surface area contributed by atoms with Crippen LogP contribution in [0.4, 0.5) is 5.69 Å². The molecule has 0 saturated heterocycles. The molecule has 3 rings (SSSR count). The number of sulfonamides is 1. The molecule has 9 heteroatoms. The zero-order chi connectivity index (χ0) is 24.9. The normalized spacial score (nSPS) is 11.7. The summed E-state index contributed by atoms with van der Waals surface area (Å²) in [6.07, 6.45) is 0. The quantitative estimate of drug-likeness (QED) is 0.392. The molecule has 0 saturated carbocycles. The minimum Gasteiger partial charge on any atom is -0.497 e. The monoisotopic (exact) mass is 505 g/mol. The van der Waals surface area contributed by atoms with Crippen LogP contribution < -0.4 is 18.9 Å². The SMILES string of the molecule is COc1ccc(Cl)c(Oc2c(NS(=O)(=O)c3ccc(C(C)(C)C)cc3)cccc2OCCO)c1. The molecule has 34 heavy (non-hydrogen) atoms. The van der Waals surface area contributed by atoms with Crippen molar-refractivity contribution in [2.24, 2.45) is 0 Å². The van der Waals surface area contributed by atoms with Crippen molar-refractivity contribution in [3.8, 4) is 23.0 Å². The van der Waals surface area contributed by atoms with Crippen molar-refractivity contribution in [1.82, 2.24) is 0 Å². The van der Waals surface area contributed by atoms with Gasteiger partial charge in [0.2, 0.25) is 0 Å². The lowest BCUT2D eigenvalue weighted by molar-refractivity contribution is 0.198. The first-order valence-corrected chi connectivity index (χ1v) is 12.4. The molecule has 0 bridgehead atoms. The lowest BCUT2D eigenvalue weighted by Crippen LogP contribution is -2.15. The van der Waals surface area contributed by atoms with Gasteiger partial charge < -0.3 is 19.3 Å². The molecule has 0 aliphatic carbocycles. The molecule has 0 fully saturated rings. The Morgan fingerprint density at radius 2 is 1.71 bits per heavy atom. The van der Waals surface area contributed by atoms with E-state index in [1.165, 1.54) is 7.11 Å². The van der Waals surface area contributed by atoms with Gasteiger partial charge in [-0.15, -0.1) is 0 Å². The van der Waals surface area contributed by atoms with Crippen LogP contribution in [0, 0.1) is 0 Å². The van der Waals surface area contributed by atoms with E-state index in [0.717, 1.165) is 5.56 Å². The molecule has 0 heterocycles. The maximum atomic E-state index is 13.2. The zero-order valence-corrected chi connectivity index (χ0v) is 21.0. The molecule has 3 aromatic carbocycles. The predicted octanol–water partition coefficient (Wildman–Crippen LogP) is 5.61. The second-order valence-corrected chi connectivity index (χ2v) is 10.6. The van der Waals surface area contributed by atoms with Crippen LogP contribution in [-0.2, 0) is 15.4 Å². The molecule has 0 radical (unpaired) electrons. The number of aliphatic hydroxyl groups is 1. The molecule has 7 nitrogen and oxygen atoms in total. The number of rotatable bonds is 9. The highest BCUT2D eigenvalue weighted by atomic mass is 35.5. The lowest BCUT2D eigenvalue weighted by atomic mass is 9.87. The second kappa shape index (κ2) is 10.5. The molecular formula is C25H28ClNO6S. The summed E-state index contributed by atoms with van der Waals surface area (Å²) in [7, 11) is -2.43. The first-order chi connectivity index (χ1) is 16.0. The van der Waals surface area contributed by atoms with E-state index in [-0.39, 0.29) is 46.5 Å². The molecular weight excluding hydrogens is 478 g/mol. The molecule has 0 unspecified atom stereocenters. The minimum atomic E-state index is -3.94. The van der Waals surface area contributed by atoms with Crippen molar-refractivity contribution in [3.05, 3.63) is 71.2 Å². The third-order valence-electron chi connectivity index (χ3n) is 4.95.